The summed E-state index contributed by atoms with van der Waals surface area (Å²) in [7, 11) is 0. The molecule has 5 nitrogen and oxygen atoms in total. The maximum Gasteiger partial charge on any atom is 0.306 e. The zero-order chi connectivity index (χ0) is 13.1. The molecule has 96 valence electrons. The van der Waals surface area contributed by atoms with Crippen LogP contribution in [0.2, 0.25) is 5.15 Å². The van der Waals surface area contributed by atoms with Gasteiger partial charge in [0.1, 0.15) is 5.15 Å². The van der Waals surface area contributed by atoms with Gasteiger partial charge in [-0.2, -0.15) is 5.10 Å². The third kappa shape index (κ3) is 2.46. The first-order valence-electron chi connectivity index (χ1n) is 5.77. The van der Waals surface area contributed by atoms with Gasteiger partial charge >= 0.3 is 5.97 Å². The Kier molecular flexibility index (Phi) is 3.81. The highest BCUT2D eigenvalue weighted by Gasteiger charge is 2.13. The minimum absolute atomic E-state index is 0.228. The van der Waals surface area contributed by atoms with E-state index in [1.807, 2.05) is 6.92 Å². The van der Waals surface area contributed by atoms with Gasteiger partial charge in [0.25, 0.3) is 0 Å². The minimum atomic E-state index is -0.228. The SMILES string of the molecule is CCOC(=O)CCc1c(C)nc2ccnn2c1Cl. The molecule has 2 rings (SSSR count). The first kappa shape index (κ1) is 12.8. The topological polar surface area (TPSA) is 56.5 Å². The summed E-state index contributed by atoms with van der Waals surface area (Å²) in [5.74, 6) is -0.228. The lowest BCUT2D eigenvalue weighted by atomic mass is 10.1. The van der Waals surface area contributed by atoms with Crippen molar-refractivity contribution in [3.05, 3.63) is 28.7 Å². The Morgan fingerprint density at radius 3 is 3.06 bits per heavy atom. The third-order valence-corrected chi connectivity index (χ3v) is 3.05. The first-order valence-corrected chi connectivity index (χ1v) is 6.15. The first-order chi connectivity index (χ1) is 8.63. The summed E-state index contributed by atoms with van der Waals surface area (Å²) in [6.07, 6.45) is 2.44. The quantitative estimate of drug-likeness (QED) is 0.629. The maximum atomic E-state index is 11.3. The van der Waals surface area contributed by atoms with Crippen molar-refractivity contribution in [2.24, 2.45) is 0 Å². The fraction of sp³-hybridized carbons (Fsp3) is 0.417. The average molecular weight is 268 g/mol. The van der Waals surface area contributed by atoms with Crippen LogP contribution in [-0.2, 0) is 16.0 Å². The van der Waals surface area contributed by atoms with E-state index in [-0.39, 0.29) is 5.97 Å². The van der Waals surface area contributed by atoms with Crippen molar-refractivity contribution in [1.82, 2.24) is 14.6 Å². The molecule has 6 heteroatoms. The molecule has 0 aromatic carbocycles. The van der Waals surface area contributed by atoms with Crippen molar-refractivity contribution >= 4 is 23.2 Å². The van der Waals surface area contributed by atoms with Crippen LogP contribution in [0.5, 0.6) is 0 Å². The van der Waals surface area contributed by atoms with Crippen molar-refractivity contribution < 1.29 is 9.53 Å². The molecule has 0 saturated heterocycles. The van der Waals surface area contributed by atoms with E-state index in [2.05, 4.69) is 10.1 Å². The molecular formula is C12H14ClN3O2. The molecule has 2 heterocycles. The van der Waals surface area contributed by atoms with Gasteiger partial charge in [0, 0.05) is 23.7 Å². The number of ether oxygens (including phenoxy) is 1. The lowest BCUT2D eigenvalue weighted by Gasteiger charge is -2.09. The summed E-state index contributed by atoms with van der Waals surface area (Å²) >= 11 is 6.26. The number of carbonyl (C=O) groups excluding carboxylic acids is 1. The molecule has 0 radical (unpaired) electrons. The molecule has 0 unspecified atom stereocenters. The number of hydrogen-bond acceptors (Lipinski definition) is 4. The van der Waals surface area contributed by atoms with Crippen LogP contribution in [0.4, 0.5) is 0 Å². The normalized spacial score (nSPS) is 10.8. The van der Waals surface area contributed by atoms with E-state index in [0.717, 1.165) is 11.3 Å². The van der Waals surface area contributed by atoms with Crippen LogP contribution in [-0.4, -0.2) is 27.2 Å². The monoisotopic (exact) mass is 267 g/mol. The predicted molar refractivity (Wildman–Crippen MR) is 67.7 cm³/mol. The lowest BCUT2D eigenvalue weighted by Crippen LogP contribution is -2.08. The Bertz CT molecular complexity index is 580. The number of nitrogens with zero attached hydrogens (tertiary/aromatic N) is 3. The summed E-state index contributed by atoms with van der Waals surface area (Å²) in [5.41, 5.74) is 2.36. The molecule has 0 bridgehead atoms. The number of hydrogen-bond donors (Lipinski definition) is 0. The number of esters is 1. The minimum Gasteiger partial charge on any atom is -0.466 e. The summed E-state index contributed by atoms with van der Waals surface area (Å²) in [5, 5.41) is 4.60. The highest BCUT2D eigenvalue weighted by molar-refractivity contribution is 6.30. The molecule has 0 saturated carbocycles. The van der Waals surface area contributed by atoms with Crippen LogP contribution in [0, 0.1) is 6.92 Å². The fourth-order valence-electron chi connectivity index (χ4n) is 1.79. The van der Waals surface area contributed by atoms with E-state index < -0.39 is 0 Å². The second-order valence-electron chi connectivity index (χ2n) is 3.87. The van der Waals surface area contributed by atoms with Crippen LogP contribution in [0.1, 0.15) is 24.6 Å². The van der Waals surface area contributed by atoms with E-state index in [4.69, 9.17) is 16.3 Å². The van der Waals surface area contributed by atoms with E-state index in [9.17, 15) is 4.79 Å². The Hall–Kier alpha value is -1.62. The van der Waals surface area contributed by atoms with Crippen LogP contribution < -0.4 is 0 Å². The lowest BCUT2D eigenvalue weighted by molar-refractivity contribution is -0.143. The Morgan fingerprint density at radius 1 is 1.56 bits per heavy atom. The number of carbonyl (C=O) groups is 1. The molecule has 2 aromatic rings. The summed E-state index contributed by atoms with van der Waals surface area (Å²) in [4.78, 5) is 15.7. The molecule has 0 atom stereocenters. The van der Waals surface area contributed by atoms with Crippen molar-refractivity contribution in [3.8, 4) is 0 Å². The van der Waals surface area contributed by atoms with Crippen molar-refractivity contribution in [2.45, 2.75) is 26.7 Å². The van der Waals surface area contributed by atoms with Crippen molar-refractivity contribution in [1.29, 1.82) is 0 Å². The fourth-order valence-corrected chi connectivity index (χ4v) is 2.15. The summed E-state index contributed by atoms with van der Waals surface area (Å²) < 4.78 is 6.46. The van der Waals surface area contributed by atoms with Crippen molar-refractivity contribution in [2.75, 3.05) is 6.61 Å². The van der Waals surface area contributed by atoms with E-state index >= 15 is 0 Å². The highest BCUT2D eigenvalue weighted by Crippen LogP contribution is 2.21. The number of fused-ring (bicyclic) bond motifs is 1. The molecule has 0 aliphatic rings. The number of aryl methyl sites for hydroxylation is 1. The number of halogens is 1. The number of aromatic nitrogens is 3. The molecule has 0 N–H and O–H groups in total. The second-order valence-corrected chi connectivity index (χ2v) is 4.23. The molecular weight excluding hydrogens is 254 g/mol. The maximum absolute atomic E-state index is 11.3. The van der Waals surface area contributed by atoms with Crippen LogP contribution >= 0.6 is 11.6 Å². The molecule has 2 aromatic heterocycles. The Morgan fingerprint density at radius 2 is 2.33 bits per heavy atom. The highest BCUT2D eigenvalue weighted by atomic mass is 35.5. The van der Waals surface area contributed by atoms with Crippen LogP contribution in [0.3, 0.4) is 0 Å². The van der Waals surface area contributed by atoms with Gasteiger partial charge in [-0.25, -0.2) is 9.50 Å². The van der Waals surface area contributed by atoms with Gasteiger partial charge in [0.15, 0.2) is 5.65 Å². The third-order valence-electron chi connectivity index (χ3n) is 2.66. The molecule has 18 heavy (non-hydrogen) atoms. The van der Waals surface area contributed by atoms with Gasteiger partial charge in [0.2, 0.25) is 0 Å². The van der Waals surface area contributed by atoms with E-state index in [1.165, 1.54) is 0 Å². The number of rotatable bonds is 4. The van der Waals surface area contributed by atoms with Gasteiger partial charge in [-0.3, -0.25) is 4.79 Å². The van der Waals surface area contributed by atoms with Gasteiger partial charge in [-0.05, 0) is 20.3 Å². The largest absolute Gasteiger partial charge is 0.466 e. The summed E-state index contributed by atoms with van der Waals surface area (Å²) in [6, 6.07) is 1.79. The Balaban J connectivity index is 2.24. The molecule has 0 spiro atoms. The van der Waals surface area contributed by atoms with Gasteiger partial charge in [-0.15, -0.1) is 0 Å². The van der Waals surface area contributed by atoms with Crippen molar-refractivity contribution in [3.63, 3.8) is 0 Å². The van der Waals surface area contributed by atoms with E-state index in [0.29, 0.717) is 30.2 Å². The zero-order valence-electron chi connectivity index (χ0n) is 10.3. The average Bonchev–Trinajstić information content (AvgIpc) is 2.77. The van der Waals surface area contributed by atoms with Gasteiger partial charge in [-0.1, -0.05) is 11.6 Å². The standard InChI is InChI=1S/C12H14ClN3O2/c1-3-18-11(17)5-4-9-8(2)15-10-6-7-14-16(10)12(9)13/h6-7H,3-5H2,1-2H3. The molecule has 0 aliphatic heterocycles. The molecule has 0 fully saturated rings. The van der Waals surface area contributed by atoms with Gasteiger partial charge in [0.05, 0.1) is 12.8 Å². The van der Waals surface area contributed by atoms with E-state index in [1.54, 1.807) is 23.7 Å². The van der Waals surface area contributed by atoms with Gasteiger partial charge < -0.3 is 4.74 Å². The smallest absolute Gasteiger partial charge is 0.306 e. The second kappa shape index (κ2) is 5.35. The zero-order valence-corrected chi connectivity index (χ0v) is 11.1. The van der Waals surface area contributed by atoms with Crippen LogP contribution in [0.25, 0.3) is 5.65 Å². The molecule has 0 amide bonds. The Labute approximate surface area is 110 Å². The molecule has 0 aliphatic carbocycles. The summed E-state index contributed by atoms with van der Waals surface area (Å²) in [6.45, 7) is 4.05. The van der Waals surface area contributed by atoms with Crippen LogP contribution in [0.15, 0.2) is 12.3 Å². The predicted octanol–water partition coefficient (Wildman–Crippen LogP) is 2.19.